The number of anilines is 1. The Morgan fingerprint density at radius 3 is 2.76 bits per heavy atom. The number of hydrogen-bond acceptors (Lipinski definition) is 3. The van der Waals surface area contributed by atoms with E-state index in [9.17, 15) is 4.79 Å². The summed E-state index contributed by atoms with van der Waals surface area (Å²) in [7, 11) is 0. The number of amides is 1. The molecule has 1 aliphatic heterocycles. The van der Waals surface area contributed by atoms with Crippen LogP contribution >= 0.6 is 12.4 Å². The normalized spacial score (nSPS) is 16.3. The number of halogens is 1. The molecule has 1 saturated heterocycles. The largest absolute Gasteiger partial charge is 0.327 e. The third-order valence-electron chi connectivity index (χ3n) is 3.63. The summed E-state index contributed by atoms with van der Waals surface area (Å²) >= 11 is 0. The Labute approximate surface area is 133 Å². The molecule has 3 N–H and O–H groups in total. The Bertz CT molecular complexity index is 445. The second-order valence-electron chi connectivity index (χ2n) is 5.73. The van der Waals surface area contributed by atoms with Crippen LogP contribution in [0.25, 0.3) is 0 Å². The topological polar surface area (TPSA) is 58.4 Å². The number of nitrogens with two attached hydrogens (primary N) is 1. The van der Waals surface area contributed by atoms with Crippen LogP contribution in [0.5, 0.6) is 0 Å². The van der Waals surface area contributed by atoms with Gasteiger partial charge in [0.15, 0.2) is 0 Å². The van der Waals surface area contributed by atoms with Gasteiger partial charge >= 0.3 is 0 Å². The lowest BCUT2D eigenvalue weighted by atomic mass is 10.1. The molecule has 0 bridgehead atoms. The van der Waals surface area contributed by atoms with Crippen LogP contribution in [0, 0.1) is 0 Å². The van der Waals surface area contributed by atoms with Crippen molar-refractivity contribution in [2.24, 2.45) is 5.73 Å². The summed E-state index contributed by atoms with van der Waals surface area (Å²) in [5, 5.41) is 2.91. The summed E-state index contributed by atoms with van der Waals surface area (Å²) in [5.74, 6) is -0.0170. The van der Waals surface area contributed by atoms with E-state index in [2.05, 4.69) is 22.3 Å². The third kappa shape index (κ3) is 6.46. The molecule has 118 valence electrons. The molecule has 1 fully saturated rings. The highest BCUT2D eigenvalue weighted by atomic mass is 35.5. The van der Waals surface area contributed by atoms with Gasteiger partial charge < -0.3 is 16.0 Å². The van der Waals surface area contributed by atoms with Gasteiger partial charge in [0.05, 0.1) is 0 Å². The zero-order valence-corrected chi connectivity index (χ0v) is 13.5. The molecule has 5 heteroatoms. The van der Waals surface area contributed by atoms with Gasteiger partial charge in [0.1, 0.15) is 0 Å². The number of carbonyl (C=O) groups is 1. The molecule has 1 atom stereocenters. The van der Waals surface area contributed by atoms with E-state index in [0.29, 0.717) is 6.42 Å². The lowest BCUT2D eigenvalue weighted by Crippen LogP contribution is -2.24. The fraction of sp³-hybridized carbons (Fsp3) is 0.562. The third-order valence-corrected chi connectivity index (χ3v) is 3.63. The van der Waals surface area contributed by atoms with Crippen LogP contribution in [-0.4, -0.2) is 36.5 Å². The lowest BCUT2D eigenvalue weighted by molar-refractivity contribution is -0.116. The van der Waals surface area contributed by atoms with Gasteiger partial charge in [-0.05, 0) is 57.0 Å². The molecule has 1 aliphatic rings. The van der Waals surface area contributed by atoms with Crippen molar-refractivity contribution in [3.8, 4) is 0 Å². The summed E-state index contributed by atoms with van der Waals surface area (Å²) in [6.45, 7) is 5.40. The van der Waals surface area contributed by atoms with E-state index < -0.39 is 0 Å². The first-order chi connectivity index (χ1) is 9.63. The molecule has 1 aromatic carbocycles. The van der Waals surface area contributed by atoms with Gasteiger partial charge in [0.25, 0.3) is 0 Å². The molecule has 4 nitrogen and oxygen atoms in total. The number of nitrogens with zero attached hydrogens (tertiary/aromatic N) is 1. The summed E-state index contributed by atoms with van der Waals surface area (Å²) < 4.78 is 0. The van der Waals surface area contributed by atoms with Crippen LogP contribution in [0.15, 0.2) is 24.3 Å². The summed E-state index contributed by atoms with van der Waals surface area (Å²) in [6.07, 6.45) is 4.05. The van der Waals surface area contributed by atoms with Crippen molar-refractivity contribution in [3.63, 3.8) is 0 Å². The number of likely N-dealkylation sites (tertiary alicyclic amines) is 1. The van der Waals surface area contributed by atoms with Gasteiger partial charge in [0, 0.05) is 24.7 Å². The van der Waals surface area contributed by atoms with Crippen LogP contribution in [0.1, 0.15) is 31.7 Å². The molecular weight excluding hydrogens is 286 g/mol. The molecular formula is C16H26ClN3O. The molecule has 2 rings (SSSR count). The van der Waals surface area contributed by atoms with E-state index in [1.54, 1.807) is 0 Å². The van der Waals surface area contributed by atoms with Crippen molar-refractivity contribution < 1.29 is 4.79 Å². The Hall–Kier alpha value is -1.10. The predicted octanol–water partition coefficient (Wildman–Crippen LogP) is 2.42. The molecule has 1 aromatic rings. The number of carbonyl (C=O) groups excluding carboxylic acids is 1. The molecule has 0 aromatic heterocycles. The number of benzene rings is 1. The highest BCUT2D eigenvalue weighted by Gasteiger charge is 2.11. The molecule has 0 aliphatic carbocycles. The van der Waals surface area contributed by atoms with E-state index in [0.717, 1.165) is 18.7 Å². The van der Waals surface area contributed by atoms with Crippen LogP contribution < -0.4 is 11.1 Å². The maximum Gasteiger partial charge on any atom is 0.225 e. The Kier molecular flexibility index (Phi) is 7.72. The lowest BCUT2D eigenvalue weighted by Gasteiger charge is -2.14. The van der Waals surface area contributed by atoms with E-state index in [1.165, 1.54) is 31.5 Å². The van der Waals surface area contributed by atoms with Crippen molar-refractivity contribution >= 4 is 24.0 Å². The van der Waals surface area contributed by atoms with E-state index in [1.807, 2.05) is 19.1 Å². The Morgan fingerprint density at radius 2 is 2.10 bits per heavy atom. The van der Waals surface area contributed by atoms with Gasteiger partial charge in [-0.3, -0.25) is 4.79 Å². The first-order valence-corrected chi connectivity index (χ1v) is 7.50. The number of hydrogen-bond donors (Lipinski definition) is 2. The minimum Gasteiger partial charge on any atom is -0.327 e. The monoisotopic (exact) mass is 311 g/mol. The molecule has 1 heterocycles. The minimum absolute atomic E-state index is 0. The van der Waals surface area contributed by atoms with Crippen molar-refractivity contribution in [2.45, 2.75) is 38.6 Å². The second-order valence-corrected chi connectivity index (χ2v) is 5.73. The molecule has 0 radical (unpaired) electrons. The highest BCUT2D eigenvalue weighted by Crippen LogP contribution is 2.14. The molecule has 21 heavy (non-hydrogen) atoms. The van der Waals surface area contributed by atoms with Crippen LogP contribution in [-0.2, 0) is 11.2 Å². The quantitative estimate of drug-likeness (QED) is 0.848. The van der Waals surface area contributed by atoms with Crippen molar-refractivity contribution in [1.82, 2.24) is 4.90 Å². The smallest absolute Gasteiger partial charge is 0.225 e. The highest BCUT2D eigenvalue weighted by molar-refractivity contribution is 5.91. The van der Waals surface area contributed by atoms with E-state index in [4.69, 9.17) is 5.73 Å². The van der Waals surface area contributed by atoms with Crippen LogP contribution in [0.3, 0.4) is 0 Å². The van der Waals surface area contributed by atoms with Crippen molar-refractivity contribution in [2.75, 3.05) is 25.0 Å². The molecule has 1 unspecified atom stereocenters. The summed E-state index contributed by atoms with van der Waals surface area (Å²) in [6, 6.07) is 8.01. The zero-order chi connectivity index (χ0) is 14.4. The van der Waals surface area contributed by atoms with Gasteiger partial charge in [-0.1, -0.05) is 12.1 Å². The van der Waals surface area contributed by atoms with Crippen LogP contribution in [0.4, 0.5) is 5.69 Å². The first kappa shape index (κ1) is 18.0. The second kappa shape index (κ2) is 9.03. The fourth-order valence-corrected chi connectivity index (χ4v) is 2.60. The molecule has 0 saturated carbocycles. The van der Waals surface area contributed by atoms with E-state index in [-0.39, 0.29) is 24.4 Å². The van der Waals surface area contributed by atoms with Crippen LogP contribution in [0.2, 0.25) is 0 Å². The molecule has 0 spiro atoms. The van der Waals surface area contributed by atoms with Gasteiger partial charge in [-0.2, -0.15) is 0 Å². The summed E-state index contributed by atoms with van der Waals surface area (Å²) in [4.78, 5) is 14.2. The molecule has 1 amide bonds. The Balaban J connectivity index is 0.00000220. The fourth-order valence-electron chi connectivity index (χ4n) is 2.60. The number of rotatable bonds is 6. The van der Waals surface area contributed by atoms with Gasteiger partial charge in [0.2, 0.25) is 5.91 Å². The minimum atomic E-state index is -0.103. The van der Waals surface area contributed by atoms with Crippen molar-refractivity contribution in [3.05, 3.63) is 29.8 Å². The van der Waals surface area contributed by atoms with E-state index >= 15 is 0 Å². The van der Waals surface area contributed by atoms with Crippen molar-refractivity contribution in [1.29, 1.82) is 0 Å². The average molecular weight is 312 g/mol. The average Bonchev–Trinajstić information content (AvgIpc) is 2.88. The Morgan fingerprint density at radius 1 is 1.38 bits per heavy atom. The van der Waals surface area contributed by atoms with Gasteiger partial charge in [-0.15, -0.1) is 12.4 Å². The predicted molar refractivity (Wildman–Crippen MR) is 90.0 cm³/mol. The maximum absolute atomic E-state index is 11.7. The standard InChI is InChI=1S/C16H25N3O.ClH/c1-13(17)11-16(20)18-15-6-4-5-14(12-15)7-10-19-8-2-3-9-19;/h4-6,12-13H,2-3,7-11,17H2,1H3,(H,18,20);1H. The SMILES string of the molecule is CC(N)CC(=O)Nc1cccc(CCN2CCCC2)c1.Cl. The summed E-state index contributed by atoms with van der Waals surface area (Å²) in [5.41, 5.74) is 7.77. The maximum atomic E-state index is 11.7. The number of nitrogens with one attached hydrogen (secondary N) is 1. The first-order valence-electron chi connectivity index (χ1n) is 7.50. The zero-order valence-electron chi connectivity index (χ0n) is 12.7. The van der Waals surface area contributed by atoms with Gasteiger partial charge in [-0.25, -0.2) is 0 Å².